The highest BCUT2D eigenvalue weighted by molar-refractivity contribution is 5.07. The van der Waals surface area contributed by atoms with Gasteiger partial charge < -0.3 is 4.90 Å². The normalized spacial score (nSPS) is 10.2. The molecule has 0 N–H and O–H groups in total. The summed E-state index contributed by atoms with van der Waals surface area (Å²) in [6.45, 7) is 10.7. The molecule has 0 saturated carbocycles. The standard InChI is InChI=1S/C10H19N/c1-5-11(6-2)9-7-8-10(3)4/h7-9H,5-6H2,1-4H3/b9-7+. The van der Waals surface area contributed by atoms with E-state index in [-0.39, 0.29) is 0 Å². The first-order valence-electron chi connectivity index (χ1n) is 4.26. The summed E-state index contributed by atoms with van der Waals surface area (Å²) in [5.74, 6) is 0. The van der Waals surface area contributed by atoms with E-state index in [1.165, 1.54) is 5.57 Å². The van der Waals surface area contributed by atoms with Gasteiger partial charge in [0.1, 0.15) is 0 Å². The van der Waals surface area contributed by atoms with Crippen LogP contribution in [-0.2, 0) is 0 Å². The molecule has 0 aromatic carbocycles. The highest BCUT2D eigenvalue weighted by Gasteiger charge is 1.86. The lowest BCUT2D eigenvalue weighted by Crippen LogP contribution is -2.14. The molecule has 0 aliphatic heterocycles. The predicted molar refractivity (Wildman–Crippen MR) is 51.5 cm³/mol. The largest absolute Gasteiger partial charge is 0.378 e. The second kappa shape index (κ2) is 6.02. The molecule has 1 nitrogen and oxygen atoms in total. The molecule has 0 bridgehead atoms. The first kappa shape index (κ1) is 10.3. The van der Waals surface area contributed by atoms with Crippen LogP contribution in [0.2, 0.25) is 0 Å². The minimum absolute atomic E-state index is 1.09. The zero-order valence-electron chi connectivity index (χ0n) is 8.09. The fourth-order valence-electron chi connectivity index (χ4n) is 0.792. The average molecular weight is 153 g/mol. The number of allylic oxidation sites excluding steroid dienone is 3. The smallest absolute Gasteiger partial charge is 0.0143 e. The minimum atomic E-state index is 1.09. The SMILES string of the molecule is CCN(/C=C/C=C(C)C)CC. The Bertz CT molecular complexity index is 137. The van der Waals surface area contributed by atoms with Crippen molar-refractivity contribution in [1.29, 1.82) is 0 Å². The lowest BCUT2D eigenvalue weighted by atomic mass is 10.3. The van der Waals surface area contributed by atoms with Gasteiger partial charge in [0.15, 0.2) is 0 Å². The maximum absolute atomic E-state index is 2.26. The molecule has 0 aliphatic rings. The van der Waals surface area contributed by atoms with Crippen molar-refractivity contribution in [2.45, 2.75) is 27.7 Å². The first-order chi connectivity index (χ1) is 5.20. The Hall–Kier alpha value is -0.720. The number of hydrogen-bond acceptors (Lipinski definition) is 1. The quantitative estimate of drug-likeness (QED) is 0.561. The second-order valence-electron chi connectivity index (χ2n) is 2.81. The predicted octanol–water partition coefficient (Wildman–Crippen LogP) is 2.81. The molecule has 0 rings (SSSR count). The van der Waals surface area contributed by atoms with Crippen molar-refractivity contribution in [1.82, 2.24) is 4.90 Å². The zero-order chi connectivity index (χ0) is 8.69. The number of nitrogens with zero attached hydrogens (tertiary/aromatic N) is 1. The summed E-state index contributed by atoms with van der Waals surface area (Å²) in [6, 6.07) is 0. The lowest BCUT2D eigenvalue weighted by Gasteiger charge is -2.13. The van der Waals surface area contributed by atoms with E-state index < -0.39 is 0 Å². The first-order valence-corrected chi connectivity index (χ1v) is 4.26. The maximum Gasteiger partial charge on any atom is 0.0143 e. The van der Waals surface area contributed by atoms with Gasteiger partial charge in [-0.1, -0.05) is 11.6 Å². The van der Waals surface area contributed by atoms with Crippen LogP contribution in [0.25, 0.3) is 0 Å². The molecule has 0 atom stereocenters. The van der Waals surface area contributed by atoms with Gasteiger partial charge in [0.25, 0.3) is 0 Å². The summed E-state index contributed by atoms with van der Waals surface area (Å²) in [5.41, 5.74) is 1.34. The molecule has 0 aromatic heterocycles. The van der Waals surface area contributed by atoms with Gasteiger partial charge in [0.05, 0.1) is 0 Å². The van der Waals surface area contributed by atoms with Crippen LogP contribution in [0, 0.1) is 0 Å². The van der Waals surface area contributed by atoms with Crippen LogP contribution >= 0.6 is 0 Å². The van der Waals surface area contributed by atoms with Crippen LogP contribution < -0.4 is 0 Å². The highest BCUT2D eigenvalue weighted by Crippen LogP contribution is 1.92. The Morgan fingerprint density at radius 2 is 1.73 bits per heavy atom. The van der Waals surface area contributed by atoms with Gasteiger partial charge in [-0.25, -0.2) is 0 Å². The van der Waals surface area contributed by atoms with Gasteiger partial charge in [0, 0.05) is 13.1 Å². The molecule has 0 fully saturated rings. The van der Waals surface area contributed by atoms with E-state index in [0.29, 0.717) is 0 Å². The van der Waals surface area contributed by atoms with Crippen LogP contribution in [0.4, 0.5) is 0 Å². The van der Waals surface area contributed by atoms with Crippen LogP contribution in [0.3, 0.4) is 0 Å². The Balaban J connectivity index is 3.80. The summed E-state index contributed by atoms with van der Waals surface area (Å²) < 4.78 is 0. The molecule has 0 radical (unpaired) electrons. The Kier molecular flexibility index (Phi) is 5.63. The van der Waals surface area contributed by atoms with Crippen molar-refractivity contribution in [2.24, 2.45) is 0 Å². The van der Waals surface area contributed by atoms with Crippen molar-refractivity contribution in [3.63, 3.8) is 0 Å². The third-order valence-electron chi connectivity index (χ3n) is 1.54. The molecule has 0 aliphatic carbocycles. The molecule has 0 saturated heterocycles. The zero-order valence-corrected chi connectivity index (χ0v) is 8.09. The van der Waals surface area contributed by atoms with E-state index in [0.717, 1.165) is 13.1 Å². The van der Waals surface area contributed by atoms with Crippen LogP contribution in [0.5, 0.6) is 0 Å². The third kappa shape index (κ3) is 5.71. The van der Waals surface area contributed by atoms with Crippen molar-refractivity contribution >= 4 is 0 Å². The minimum Gasteiger partial charge on any atom is -0.378 e. The topological polar surface area (TPSA) is 3.24 Å². The molecule has 0 amide bonds. The maximum atomic E-state index is 2.26. The summed E-state index contributed by atoms with van der Waals surface area (Å²) in [7, 11) is 0. The number of hydrogen-bond donors (Lipinski definition) is 0. The molecule has 64 valence electrons. The molecule has 11 heavy (non-hydrogen) atoms. The summed E-state index contributed by atoms with van der Waals surface area (Å²) >= 11 is 0. The molecule has 0 spiro atoms. The Morgan fingerprint density at radius 3 is 2.09 bits per heavy atom. The molecular formula is C10H19N. The molecule has 0 aromatic rings. The van der Waals surface area contributed by atoms with E-state index in [9.17, 15) is 0 Å². The third-order valence-corrected chi connectivity index (χ3v) is 1.54. The average Bonchev–Trinajstić information content (AvgIpc) is 1.98. The van der Waals surface area contributed by atoms with Crippen molar-refractivity contribution in [2.75, 3.05) is 13.1 Å². The van der Waals surface area contributed by atoms with Crippen molar-refractivity contribution in [3.05, 3.63) is 23.9 Å². The van der Waals surface area contributed by atoms with Crippen molar-refractivity contribution < 1.29 is 0 Å². The van der Waals surface area contributed by atoms with E-state index in [1.54, 1.807) is 0 Å². The van der Waals surface area contributed by atoms with Crippen LogP contribution in [0.15, 0.2) is 23.9 Å². The van der Waals surface area contributed by atoms with E-state index in [4.69, 9.17) is 0 Å². The lowest BCUT2D eigenvalue weighted by molar-refractivity contribution is 0.419. The number of rotatable bonds is 4. The fourth-order valence-corrected chi connectivity index (χ4v) is 0.792. The van der Waals surface area contributed by atoms with Gasteiger partial charge >= 0.3 is 0 Å². The monoisotopic (exact) mass is 153 g/mol. The molecular weight excluding hydrogens is 134 g/mol. The molecule has 1 heteroatoms. The van der Waals surface area contributed by atoms with Gasteiger partial charge in [-0.15, -0.1) is 0 Å². The van der Waals surface area contributed by atoms with Gasteiger partial charge in [-0.2, -0.15) is 0 Å². The summed E-state index contributed by atoms with van der Waals surface area (Å²) in [5, 5.41) is 0. The molecule has 0 unspecified atom stereocenters. The van der Waals surface area contributed by atoms with Crippen LogP contribution in [-0.4, -0.2) is 18.0 Å². The van der Waals surface area contributed by atoms with Gasteiger partial charge in [-0.3, -0.25) is 0 Å². The second-order valence-corrected chi connectivity index (χ2v) is 2.81. The molecule has 0 heterocycles. The highest BCUT2D eigenvalue weighted by atomic mass is 15.1. The van der Waals surface area contributed by atoms with Crippen LogP contribution in [0.1, 0.15) is 27.7 Å². The fraction of sp³-hybridized carbons (Fsp3) is 0.600. The van der Waals surface area contributed by atoms with Gasteiger partial charge in [0.2, 0.25) is 0 Å². The van der Waals surface area contributed by atoms with Crippen molar-refractivity contribution in [3.8, 4) is 0 Å². The Labute approximate surface area is 70.4 Å². The summed E-state index contributed by atoms with van der Waals surface area (Å²) in [6.07, 6.45) is 6.35. The van der Waals surface area contributed by atoms with E-state index in [2.05, 4.69) is 50.9 Å². The Morgan fingerprint density at radius 1 is 1.18 bits per heavy atom. The van der Waals surface area contributed by atoms with E-state index >= 15 is 0 Å². The van der Waals surface area contributed by atoms with E-state index in [1.807, 2.05) is 0 Å². The van der Waals surface area contributed by atoms with Gasteiger partial charge in [-0.05, 0) is 40.0 Å². The summed E-state index contributed by atoms with van der Waals surface area (Å²) in [4.78, 5) is 2.26.